The minimum Gasteiger partial charge on any atom is -0.103 e. The van der Waals surface area contributed by atoms with Crippen molar-refractivity contribution in [2.75, 3.05) is 0 Å². The van der Waals surface area contributed by atoms with E-state index in [1.165, 1.54) is 16.7 Å². The summed E-state index contributed by atoms with van der Waals surface area (Å²) in [4.78, 5) is 0. The summed E-state index contributed by atoms with van der Waals surface area (Å²) in [5.74, 6) is 0. The molecule has 86 valence electrons. The molecule has 0 aromatic rings. The lowest BCUT2D eigenvalue weighted by Gasteiger charge is -2.27. The van der Waals surface area contributed by atoms with Crippen LogP contribution in [0, 0.1) is 5.41 Å². The van der Waals surface area contributed by atoms with Crippen LogP contribution < -0.4 is 0 Å². The van der Waals surface area contributed by atoms with Crippen molar-refractivity contribution in [3.05, 3.63) is 35.5 Å². The highest BCUT2D eigenvalue weighted by molar-refractivity contribution is 5.19. The molecule has 0 bridgehead atoms. The van der Waals surface area contributed by atoms with Crippen molar-refractivity contribution in [2.45, 2.75) is 54.4 Å². The first kappa shape index (κ1) is 14.2. The molecule has 0 rings (SSSR count). The van der Waals surface area contributed by atoms with Crippen molar-refractivity contribution in [3.8, 4) is 0 Å². The minimum absolute atomic E-state index is 0.279. The topological polar surface area (TPSA) is 0 Å². The van der Waals surface area contributed by atoms with Crippen LogP contribution in [0.5, 0.6) is 0 Å². The van der Waals surface area contributed by atoms with Gasteiger partial charge in [0.15, 0.2) is 0 Å². The van der Waals surface area contributed by atoms with E-state index in [0.29, 0.717) is 0 Å². The van der Waals surface area contributed by atoms with Crippen molar-refractivity contribution in [3.63, 3.8) is 0 Å². The fourth-order valence-electron chi connectivity index (χ4n) is 1.73. The van der Waals surface area contributed by atoms with Gasteiger partial charge in [0.2, 0.25) is 0 Å². The lowest BCUT2D eigenvalue weighted by atomic mass is 9.78. The van der Waals surface area contributed by atoms with E-state index in [-0.39, 0.29) is 5.41 Å². The van der Waals surface area contributed by atoms with Crippen LogP contribution in [0.15, 0.2) is 35.5 Å². The summed E-state index contributed by atoms with van der Waals surface area (Å²) in [5.41, 5.74) is 4.71. The van der Waals surface area contributed by atoms with Gasteiger partial charge in [0.25, 0.3) is 0 Å². The number of hydrogen-bond donors (Lipinski definition) is 0. The molecule has 0 aliphatic rings. The third-order valence-electron chi connectivity index (χ3n) is 3.39. The summed E-state index contributed by atoms with van der Waals surface area (Å²) in [7, 11) is 0. The van der Waals surface area contributed by atoms with Gasteiger partial charge < -0.3 is 0 Å². The average Bonchev–Trinajstić information content (AvgIpc) is 2.16. The molecule has 0 aliphatic carbocycles. The first-order chi connectivity index (χ1) is 6.85. The Kier molecular flexibility index (Phi) is 5.64. The number of hydrogen-bond acceptors (Lipinski definition) is 0. The molecule has 0 N–H and O–H groups in total. The molecule has 0 amide bonds. The first-order valence-corrected chi connectivity index (χ1v) is 5.74. The molecule has 0 atom stereocenters. The summed E-state index contributed by atoms with van der Waals surface area (Å²) >= 11 is 0. The Balaban J connectivity index is 4.73. The van der Waals surface area contributed by atoms with Gasteiger partial charge in [-0.1, -0.05) is 42.7 Å². The maximum Gasteiger partial charge on any atom is -0.0110 e. The summed E-state index contributed by atoms with van der Waals surface area (Å²) in [6.45, 7) is 17.2. The van der Waals surface area contributed by atoms with Crippen LogP contribution in [-0.2, 0) is 0 Å². The van der Waals surface area contributed by atoms with Gasteiger partial charge in [0.05, 0.1) is 0 Å². The van der Waals surface area contributed by atoms with E-state index in [4.69, 9.17) is 0 Å². The molecule has 0 nitrogen and oxygen atoms in total. The quantitative estimate of drug-likeness (QED) is 0.537. The monoisotopic (exact) mass is 206 g/mol. The van der Waals surface area contributed by atoms with Crippen LogP contribution in [0.25, 0.3) is 0 Å². The molecule has 0 unspecified atom stereocenters. The van der Waals surface area contributed by atoms with E-state index in [1.54, 1.807) is 0 Å². The highest BCUT2D eigenvalue weighted by Gasteiger charge is 2.20. The first-order valence-electron chi connectivity index (χ1n) is 5.74. The van der Waals surface area contributed by atoms with E-state index in [9.17, 15) is 0 Å². The Morgan fingerprint density at radius 3 is 2.07 bits per heavy atom. The van der Waals surface area contributed by atoms with Gasteiger partial charge in [0.1, 0.15) is 0 Å². The molecular formula is C15H26. The SMILES string of the molecule is C=CC/C(C)=C(\C)CC(C)(C)/C(C)=C/C. The van der Waals surface area contributed by atoms with Crippen LogP contribution in [-0.4, -0.2) is 0 Å². The van der Waals surface area contributed by atoms with Crippen molar-refractivity contribution >= 4 is 0 Å². The number of rotatable bonds is 5. The van der Waals surface area contributed by atoms with Crippen LogP contribution >= 0.6 is 0 Å². The predicted molar refractivity (Wildman–Crippen MR) is 71.0 cm³/mol. The molecule has 0 fully saturated rings. The molecule has 0 saturated carbocycles. The van der Waals surface area contributed by atoms with E-state index in [0.717, 1.165) is 12.8 Å². The van der Waals surface area contributed by atoms with Gasteiger partial charge in [-0.25, -0.2) is 0 Å². The summed E-state index contributed by atoms with van der Waals surface area (Å²) < 4.78 is 0. The second kappa shape index (κ2) is 5.95. The normalized spacial score (nSPS) is 14.9. The molecule has 0 aromatic carbocycles. The van der Waals surface area contributed by atoms with E-state index in [2.05, 4.69) is 54.2 Å². The Hall–Kier alpha value is -0.780. The Morgan fingerprint density at radius 1 is 1.13 bits per heavy atom. The largest absolute Gasteiger partial charge is 0.103 e. The van der Waals surface area contributed by atoms with E-state index < -0.39 is 0 Å². The van der Waals surface area contributed by atoms with E-state index in [1.807, 2.05) is 6.08 Å². The van der Waals surface area contributed by atoms with Gasteiger partial charge in [-0.3, -0.25) is 0 Å². The standard InChI is InChI=1S/C15H26/c1-8-10-12(3)13(4)11-15(6,7)14(5)9-2/h8-9H,1,10-11H2,2-7H3/b13-12+,14-9+. The van der Waals surface area contributed by atoms with Crippen molar-refractivity contribution < 1.29 is 0 Å². The van der Waals surface area contributed by atoms with Crippen molar-refractivity contribution in [2.24, 2.45) is 5.41 Å². The second-order valence-corrected chi connectivity index (χ2v) is 5.09. The molecule has 0 aromatic heterocycles. The van der Waals surface area contributed by atoms with Gasteiger partial charge in [0, 0.05) is 0 Å². The van der Waals surface area contributed by atoms with Gasteiger partial charge in [-0.15, -0.1) is 6.58 Å². The van der Waals surface area contributed by atoms with Crippen LogP contribution in [0.4, 0.5) is 0 Å². The zero-order valence-electron chi connectivity index (χ0n) is 11.3. The predicted octanol–water partition coefficient (Wildman–Crippen LogP) is 5.28. The molecule has 0 spiro atoms. The van der Waals surface area contributed by atoms with E-state index >= 15 is 0 Å². The average molecular weight is 206 g/mol. The number of allylic oxidation sites excluding steroid dienone is 5. The van der Waals surface area contributed by atoms with Crippen molar-refractivity contribution in [1.29, 1.82) is 0 Å². The fourth-order valence-corrected chi connectivity index (χ4v) is 1.73. The Bertz CT molecular complexity index is 274. The molecule has 0 heterocycles. The van der Waals surface area contributed by atoms with Crippen LogP contribution in [0.1, 0.15) is 54.4 Å². The lowest BCUT2D eigenvalue weighted by Crippen LogP contribution is -2.13. The third kappa shape index (κ3) is 4.51. The van der Waals surface area contributed by atoms with Gasteiger partial charge >= 0.3 is 0 Å². The molecule has 0 saturated heterocycles. The Labute approximate surface area is 95.8 Å². The molecule has 0 radical (unpaired) electrons. The summed E-state index contributed by atoms with van der Waals surface area (Å²) in [6, 6.07) is 0. The molecule has 15 heavy (non-hydrogen) atoms. The maximum atomic E-state index is 3.79. The summed E-state index contributed by atoms with van der Waals surface area (Å²) in [5, 5.41) is 0. The van der Waals surface area contributed by atoms with Crippen molar-refractivity contribution in [1.82, 2.24) is 0 Å². The highest BCUT2D eigenvalue weighted by atomic mass is 14.2. The zero-order chi connectivity index (χ0) is 12.1. The third-order valence-corrected chi connectivity index (χ3v) is 3.39. The zero-order valence-corrected chi connectivity index (χ0v) is 11.3. The maximum absolute atomic E-state index is 3.79. The van der Waals surface area contributed by atoms with Gasteiger partial charge in [-0.2, -0.15) is 0 Å². The molecular weight excluding hydrogens is 180 g/mol. The van der Waals surface area contributed by atoms with Crippen LogP contribution in [0.3, 0.4) is 0 Å². The second-order valence-electron chi connectivity index (χ2n) is 5.09. The molecule has 0 heteroatoms. The highest BCUT2D eigenvalue weighted by Crippen LogP contribution is 2.34. The summed E-state index contributed by atoms with van der Waals surface area (Å²) in [6.07, 6.45) is 6.35. The lowest BCUT2D eigenvalue weighted by molar-refractivity contribution is 0.439. The fraction of sp³-hybridized carbons (Fsp3) is 0.600. The Morgan fingerprint density at radius 2 is 1.67 bits per heavy atom. The van der Waals surface area contributed by atoms with Crippen LogP contribution in [0.2, 0.25) is 0 Å². The minimum atomic E-state index is 0.279. The molecule has 0 aliphatic heterocycles. The van der Waals surface area contributed by atoms with Gasteiger partial charge in [-0.05, 0) is 46.0 Å². The smallest absolute Gasteiger partial charge is 0.0110 e.